The quantitative estimate of drug-likeness (QED) is 0.0322. The van der Waals surface area contributed by atoms with Crippen molar-refractivity contribution >= 4 is 17.8 Å². The lowest BCUT2D eigenvalue weighted by molar-refractivity contribution is -0.147. The first-order valence-electron chi connectivity index (χ1n) is 23.7. The van der Waals surface area contributed by atoms with Gasteiger partial charge in [0.25, 0.3) is 0 Å². The minimum Gasteiger partial charge on any atom is -0.480 e. The molecule has 7 heteroatoms. The van der Waals surface area contributed by atoms with Crippen LogP contribution in [0.2, 0.25) is 0 Å². The number of unbranched alkanes of at least 4 members (excludes halogenated alkanes) is 27. The number of aliphatic carboxylic acids is 1. The zero-order valence-electron chi connectivity index (χ0n) is 36.3. The predicted molar refractivity (Wildman–Crippen MR) is 234 cm³/mol. The van der Waals surface area contributed by atoms with Crippen molar-refractivity contribution in [2.75, 3.05) is 6.54 Å². The van der Waals surface area contributed by atoms with Crippen molar-refractivity contribution in [3.8, 4) is 0 Å². The van der Waals surface area contributed by atoms with Crippen LogP contribution in [0.15, 0.2) is 24.3 Å². The van der Waals surface area contributed by atoms with E-state index in [4.69, 9.17) is 10.5 Å². The highest BCUT2D eigenvalue weighted by molar-refractivity contribution is 5.83. The van der Waals surface area contributed by atoms with Crippen LogP contribution in [0.4, 0.5) is 0 Å². The van der Waals surface area contributed by atoms with Crippen molar-refractivity contribution in [2.24, 2.45) is 5.73 Å². The van der Waals surface area contributed by atoms with Crippen molar-refractivity contribution in [3.63, 3.8) is 0 Å². The molecule has 0 aromatic carbocycles. The molecule has 0 fully saturated rings. The molecule has 7 nitrogen and oxygen atoms in total. The minimum absolute atomic E-state index is 0.0989. The Morgan fingerprint density at radius 2 is 1.00 bits per heavy atom. The molecule has 0 aliphatic carbocycles. The van der Waals surface area contributed by atoms with E-state index in [1.807, 2.05) is 0 Å². The number of ether oxygens (including phenoxy) is 1. The largest absolute Gasteiger partial charge is 0.480 e. The van der Waals surface area contributed by atoms with E-state index < -0.39 is 12.0 Å². The van der Waals surface area contributed by atoms with Crippen LogP contribution in [0.5, 0.6) is 0 Å². The molecule has 0 aliphatic rings. The number of hydrogen-bond acceptors (Lipinski definition) is 5. The molecule has 55 heavy (non-hydrogen) atoms. The molecular weight excluding hydrogens is 685 g/mol. The third-order valence-corrected chi connectivity index (χ3v) is 10.8. The van der Waals surface area contributed by atoms with Gasteiger partial charge in [0.15, 0.2) is 0 Å². The zero-order valence-corrected chi connectivity index (χ0v) is 36.3. The number of nitrogens with two attached hydrogens (primary N) is 1. The van der Waals surface area contributed by atoms with Crippen LogP contribution in [0.25, 0.3) is 0 Å². The predicted octanol–water partition coefficient (Wildman–Crippen LogP) is 13.6. The lowest BCUT2D eigenvalue weighted by Gasteiger charge is -2.15. The van der Waals surface area contributed by atoms with Gasteiger partial charge in [0.2, 0.25) is 5.91 Å². The standard InChI is InChI=1S/C48H90N2O5/c1-3-5-7-9-11-13-14-15-16-17-18-19-20-21-22-23-24-26-28-30-36-42-47(52)55-44(38-33-29-27-25-12-10-8-6-4-2)39-34-31-32-35-41-46(51)50-45(48(53)54)40-37-43-49/h25,27,33,38,44-45H,3-24,26,28-32,34-37,39-43,49H2,1-2H3,(H,50,51)(H,53,54)/b27-25-,38-33-. The van der Waals surface area contributed by atoms with Crippen LogP contribution >= 0.6 is 0 Å². The summed E-state index contributed by atoms with van der Waals surface area (Å²) in [4.78, 5) is 36.4. The van der Waals surface area contributed by atoms with E-state index >= 15 is 0 Å². The average molecular weight is 775 g/mol. The number of hydrogen-bond donors (Lipinski definition) is 3. The molecule has 4 N–H and O–H groups in total. The first kappa shape index (κ1) is 52.9. The van der Waals surface area contributed by atoms with Gasteiger partial charge in [-0.15, -0.1) is 0 Å². The maximum absolute atomic E-state index is 12.8. The minimum atomic E-state index is -1.02. The molecular formula is C48H90N2O5. The zero-order chi connectivity index (χ0) is 40.3. The van der Waals surface area contributed by atoms with Gasteiger partial charge in [0.05, 0.1) is 0 Å². The van der Waals surface area contributed by atoms with E-state index in [-0.39, 0.29) is 18.0 Å². The van der Waals surface area contributed by atoms with Gasteiger partial charge in [-0.05, 0) is 70.4 Å². The molecule has 0 radical (unpaired) electrons. The lowest BCUT2D eigenvalue weighted by Crippen LogP contribution is -2.40. The molecule has 0 heterocycles. The molecule has 0 aliphatic heterocycles. The van der Waals surface area contributed by atoms with Crippen molar-refractivity contribution in [3.05, 3.63) is 24.3 Å². The Kier molecular flexibility index (Phi) is 41.3. The lowest BCUT2D eigenvalue weighted by atomic mass is 10.0. The number of amides is 1. The van der Waals surface area contributed by atoms with Crippen LogP contribution in [0.3, 0.4) is 0 Å². The summed E-state index contributed by atoms with van der Waals surface area (Å²) in [6.45, 7) is 4.92. The monoisotopic (exact) mass is 775 g/mol. The number of carbonyl (C=O) groups excluding carboxylic acids is 2. The Balaban J connectivity index is 4.15. The molecule has 0 bridgehead atoms. The van der Waals surface area contributed by atoms with E-state index in [1.165, 1.54) is 148 Å². The van der Waals surface area contributed by atoms with Crippen molar-refractivity contribution < 1.29 is 24.2 Å². The summed E-state index contributed by atoms with van der Waals surface area (Å²) in [6, 6.07) is -0.872. The molecule has 0 aromatic rings. The van der Waals surface area contributed by atoms with Crippen molar-refractivity contribution in [2.45, 2.75) is 257 Å². The molecule has 0 rings (SSSR count). The van der Waals surface area contributed by atoms with E-state index in [9.17, 15) is 19.5 Å². The number of nitrogens with one attached hydrogen (secondary N) is 1. The molecule has 0 aromatic heterocycles. The first-order valence-corrected chi connectivity index (χ1v) is 23.7. The fraction of sp³-hybridized carbons (Fsp3) is 0.854. The van der Waals surface area contributed by atoms with E-state index in [1.54, 1.807) is 0 Å². The number of rotatable bonds is 43. The fourth-order valence-electron chi connectivity index (χ4n) is 7.17. The third kappa shape index (κ3) is 39.9. The average Bonchev–Trinajstić information content (AvgIpc) is 3.17. The Morgan fingerprint density at radius 1 is 0.545 bits per heavy atom. The highest BCUT2D eigenvalue weighted by Gasteiger charge is 2.19. The molecule has 2 atom stereocenters. The summed E-state index contributed by atoms with van der Waals surface area (Å²) in [5.41, 5.74) is 5.49. The van der Waals surface area contributed by atoms with Gasteiger partial charge in [-0.25, -0.2) is 4.79 Å². The van der Waals surface area contributed by atoms with Crippen LogP contribution in [-0.4, -0.2) is 41.6 Å². The fourth-order valence-corrected chi connectivity index (χ4v) is 7.17. The van der Waals surface area contributed by atoms with Crippen LogP contribution in [0.1, 0.15) is 245 Å². The summed E-state index contributed by atoms with van der Waals surface area (Å²) >= 11 is 0. The number of carbonyl (C=O) groups is 3. The smallest absolute Gasteiger partial charge is 0.326 e. The molecule has 0 spiro atoms. The SMILES string of the molecule is CCCCCC/C=C\C/C=C\C(CCCCCCC(=O)NC(CCCN)C(=O)O)OC(=O)CCCCCCCCCCCCCCCCCCCCCCC. The topological polar surface area (TPSA) is 119 Å². The summed E-state index contributed by atoms with van der Waals surface area (Å²) in [5.74, 6) is -1.34. The number of esters is 1. The Hall–Kier alpha value is -2.15. The van der Waals surface area contributed by atoms with Gasteiger partial charge in [-0.3, -0.25) is 9.59 Å². The molecule has 0 saturated heterocycles. The summed E-state index contributed by atoms with van der Waals surface area (Å²) in [6.07, 6.45) is 49.7. The highest BCUT2D eigenvalue weighted by Crippen LogP contribution is 2.17. The third-order valence-electron chi connectivity index (χ3n) is 10.8. The van der Waals surface area contributed by atoms with Crippen molar-refractivity contribution in [1.82, 2.24) is 5.32 Å². The van der Waals surface area contributed by atoms with Gasteiger partial charge >= 0.3 is 11.9 Å². The summed E-state index contributed by atoms with van der Waals surface area (Å²) in [5, 5.41) is 11.9. The van der Waals surface area contributed by atoms with Gasteiger partial charge < -0.3 is 20.9 Å². The van der Waals surface area contributed by atoms with Gasteiger partial charge in [-0.2, -0.15) is 0 Å². The van der Waals surface area contributed by atoms with Gasteiger partial charge in [0.1, 0.15) is 12.1 Å². The van der Waals surface area contributed by atoms with Crippen LogP contribution < -0.4 is 11.1 Å². The number of carboxylic acid groups (broad SMARTS) is 1. The molecule has 2 unspecified atom stereocenters. The Morgan fingerprint density at radius 3 is 1.49 bits per heavy atom. The number of allylic oxidation sites excluding steroid dienone is 3. The highest BCUT2D eigenvalue weighted by atomic mass is 16.5. The maximum atomic E-state index is 12.8. The van der Waals surface area contributed by atoms with Gasteiger partial charge in [-0.1, -0.05) is 193 Å². The van der Waals surface area contributed by atoms with E-state index in [0.29, 0.717) is 38.6 Å². The van der Waals surface area contributed by atoms with Gasteiger partial charge in [0, 0.05) is 12.8 Å². The second kappa shape index (κ2) is 43.0. The van der Waals surface area contributed by atoms with Crippen LogP contribution in [0, 0.1) is 0 Å². The normalized spacial score (nSPS) is 12.8. The number of carboxylic acids is 1. The van der Waals surface area contributed by atoms with Crippen LogP contribution in [-0.2, 0) is 19.1 Å². The Labute approximate surface area is 340 Å². The van der Waals surface area contributed by atoms with Crippen molar-refractivity contribution in [1.29, 1.82) is 0 Å². The molecule has 0 saturated carbocycles. The summed E-state index contributed by atoms with van der Waals surface area (Å²) in [7, 11) is 0. The second-order valence-electron chi connectivity index (χ2n) is 16.2. The van der Waals surface area contributed by atoms with E-state index in [0.717, 1.165) is 51.4 Å². The first-order chi connectivity index (χ1) is 26.9. The second-order valence-corrected chi connectivity index (χ2v) is 16.2. The Bertz CT molecular complexity index is 920. The van der Waals surface area contributed by atoms with E-state index in [2.05, 4.69) is 43.5 Å². The maximum Gasteiger partial charge on any atom is 0.326 e. The molecule has 1 amide bonds. The molecule has 322 valence electrons. The summed E-state index contributed by atoms with van der Waals surface area (Å²) < 4.78 is 5.93.